The molecule has 4 atom stereocenters. The first-order valence-electron chi connectivity index (χ1n) is 12.4. The minimum atomic E-state index is -1.97. The Morgan fingerprint density at radius 3 is 2.65 bits per heavy atom. The van der Waals surface area contributed by atoms with Crippen molar-refractivity contribution in [3.05, 3.63) is 73.8 Å². The first-order chi connectivity index (χ1) is 20.5. The zero-order chi connectivity index (χ0) is 31.0. The minimum Gasteiger partial charge on any atom is -0.481 e. The quantitative estimate of drug-likeness (QED) is 0.0816. The lowest BCUT2D eigenvalue weighted by Gasteiger charge is -2.50. The van der Waals surface area contributed by atoms with Crippen molar-refractivity contribution in [2.75, 3.05) is 5.75 Å². The van der Waals surface area contributed by atoms with Crippen LogP contribution in [0, 0.1) is 10.1 Å². The molecule has 1 aromatic carbocycles. The van der Waals surface area contributed by atoms with Gasteiger partial charge in [0.05, 0.1) is 10.5 Å². The number of hydrogen-bond donors (Lipinski definition) is 5. The summed E-state index contributed by atoms with van der Waals surface area (Å²) < 4.78 is 0.999. The molecule has 5 rings (SSSR count). The van der Waals surface area contributed by atoms with Gasteiger partial charge in [0.25, 0.3) is 17.5 Å². The van der Waals surface area contributed by atoms with Crippen LogP contribution in [0.3, 0.4) is 0 Å². The third-order valence-electron chi connectivity index (χ3n) is 6.70. The van der Waals surface area contributed by atoms with Crippen molar-refractivity contribution in [2.45, 2.75) is 40.6 Å². The van der Waals surface area contributed by atoms with E-state index in [1.807, 2.05) is 0 Å². The molecule has 2 amide bonds. The Bertz CT molecular complexity index is 1760. The average Bonchev–Trinajstić information content (AvgIpc) is 3.36. The molecule has 0 bridgehead atoms. The van der Waals surface area contributed by atoms with Crippen molar-refractivity contribution in [1.29, 1.82) is 0 Å². The molecule has 0 saturated carbocycles. The SMILES string of the molecule is O=C(O)CCC(Sc1ccc2n[nH]c(=O)n2n1)C1=C(C(=O)O)N2C(=O)C(NC(=O)[C@H](O)c3ccccc3[N+](=O)[O-])[C@H]2SC1. The van der Waals surface area contributed by atoms with Crippen LogP contribution in [0.2, 0.25) is 0 Å². The van der Waals surface area contributed by atoms with E-state index in [1.54, 1.807) is 0 Å². The van der Waals surface area contributed by atoms with Crippen molar-refractivity contribution in [1.82, 2.24) is 30.0 Å². The molecular weight excluding hydrogens is 610 g/mol. The number of nitro benzene ring substituents is 1. The first kappa shape index (κ1) is 29.7. The molecule has 19 heteroatoms. The molecular formula is C24H21N7O10S2. The van der Waals surface area contributed by atoms with Gasteiger partial charge >= 0.3 is 17.6 Å². The molecule has 4 heterocycles. The smallest absolute Gasteiger partial charge is 0.364 e. The molecule has 0 radical (unpaired) electrons. The number of para-hydroxylation sites is 1. The lowest BCUT2D eigenvalue weighted by molar-refractivity contribution is -0.386. The van der Waals surface area contributed by atoms with Gasteiger partial charge in [-0.2, -0.15) is 14.7 Å². The third-order valence-corrected chi connectivity index (χ3v) is 9.26. The minimum absolute atomic E-state index is 0.0262. The number of nitrogens with zero attached hydrogens (tertiary/aromatic N) is 5. The van der Waals surface area contributed by atoms with Crippen LogP contribution in [0.25, 0.3) is 5.65 Å². The number of carbonyl (C=O) groups is 4. The third kappa shape index (κ3) is 5.68. The number of β-lactam (4-membered cyclic amide) rings is 1. The summed E-state index contributed by atoms with van der Waals surface area (Å²) in [5.41, 5.74) is -1.25. The number of H-pyrrole nitrogens is 1. The van der Waals surface area contributed by atoms with Gasteiger partial charge in [-0.25, -0.2) is 14.7 Å². The molecule has 2 aliphatic heterocycles. The van der Waals surface area contributed by atoms with Crippen molar-refractivity contribution < 1.29 is 39.4 Å². The fraction of sp³-hybridized carbons (Fsp3) is 0.292. The van der Waals surface area contributed by atoms with E-state index in [2.05, 4.69) is 20.6 Å². The summed E-state index contributed by atoms with van der Waals surface area (Å²) in [6.45, 7) is 0. The zero-order valence-electron chi connectivity index (χ0n) is 21.6. The van der Waals surface area contributed by atoms with E-state index in [0.29, 0.717) is 0 Å². The Morgan fingerprint density at radius 1 is 1.21 bits per heavy atom. The van der Waals surface area contributed by atoms with Gasteiger partial charge in [0.15, 0.2) is 11.8 Å². The second-order valence-electron chi connectivity index (χ2n) is 9.30. The lowest BCUT2D eigenvalue weighted by Crippen LogP contribution is -2.71. The molecule has 224 valence electrons. The molecule has 2 unspecified atom stereocenters. The van der Waals surface area contributed by atoms with Crippen LogP contribution in [0.1, 0.15) is 24.5 Å². The Morgan fingerprint density at radius 2 is 1.95 bits per heavy atom. The van der Waals surface area contributed by atoms with Crippen LogP contribution >= 0.6 is 23.5 Å². The van der Waals surface area contributed by atoms with E-state index in [1.165, 1.54) is 30.3 Å². The predicted molar refractivity (Wildman–Crippen MR) is 148 cm³/mol. The number of aromatic amines is 1. The molecule has 0 aliphatic carbocycles. The summed E-state index contributed by atoms with van der Waals surface area (Å²) in [5, 5.41) is 52.5. The number of carboxylic acids is 2. The van der Waals surface area contributed by atoms with Gasteiger partial charge in [-0.1, -0.05) is 23.9 Å². The van der Waals surface area contributed by atoms with Crippen molar-refractivity contribution >= 4 is 58.6 Å². The highest BCUT2D eigenvalue weighted by atomic mass is 32.2. The van der Waals surface area contributed by atoms with Crippen molar-refractivity contribution in [3.63, 3.8) is 0 Å². The largest absolute Gasteiger partial charge is 0.481 e. The van der Waals surface area contributed by atoms with Gasteiger partial charge in [0, 0.05) is 23.5 Å². The number of amides is 2. The standard InChI is InChI=1S/C24H21N7O10S2/c32-16(33)8-5-13(43-15-7-6-14-26-27-24(39)30(14)28-15)11-9-42-22-17(21(36)29(22)18(11)23(37)38)25-20(35)19(34)10-3-1-2-4-12(10)31(40)41/h1-4,6-7,13,17,19,22,34H,5,8-9H2,(H,25,35)(H,27,39)(H,32,33)(H,37,38)/t13?,17?,19-,22-/m1/s1. The summed E-state index contributed by atoms with van der Waals surface area (Å²) in [6, 6.07) is 6.90. The first-order valence-corrected chi connectivity index (χ1v) is 14.4. The van der Waals surface area contributed by atoms with Crippen LogP contribution in [0.4, 0.5) is 5.69 Å². The molecule has 2 aliphatic rings. The Hall–Kier alpha value is -4.75. The van der Waals surface area contributed by atoms with Gasteiger partial charge in [0.2, 0.25) is 0 Å². The zero-order valence-corrected chi connectivity index (χ0v) is 23.3. The van der Waals surface area contributed by atoms with Gasteiger partial charge in [0.1, 0.15) is 22.1 Å². The maximum Gasteiger partial charge on any atom is 0.364 e. The fourth-order valence-corrected chi connectivity index (χ4v) is 7.37. The van der Waals surface area contributed by atoms with E-state index in [9.17, 15) is 49.4 Å². The van der Waals surface area contributed by atoms with Crippen LogP contribution in [0.15, 0.2) is 57.5 Å². The number of hydrogen-bond acceptors (Lipinski definition) is 12. The summed E-state index contributed by atoms with van der Waals surface area (Å²) in [5.74, 6) is -4.40. The number of aromatic nitrogens is 4. The molecule has 0 spiro atoms. The lowest BCUT2D eigenvalue weighted by atomic mass is 9.99. The highest BCUT2D eigenvalue weighted by Crippen LogP contribution is 2.45. The number of benzene rings is 1. The number of aliphatic hydroxyl groups is 1. The summed E-state index contributed by atoms with van der Waals surface area (Å²) in [7, 11) is 0. The highest BCUT2D eigenvalue weighted by Gasteiger charge is 2.55. The van der Waals surface area contributed by atoms with E-state index >= 15 is 0 Å². The van der Waals surface area contributed by atoms with E-state index in [0.717, 1.165) is 39.0 Å². The van der Waals surface area contributed by atoms with Crippen LogP contribution in [-0.2, 0) is 19.2 Å². The number of carbonyl (C=O) groups excluding carboxylic acids is 2. The molecule has 17 nitrogen and oxygen atoms in total. The number of carboxylic acid groups (broad SMARTS) is 2. The maximum atomic E-state index is 13.2. The second-order valence-corrected chi connectivity index (χ2v) is 11.6. The summed E-state index contributed by atoms with van der Waals surface area (Å²) in [6.07, 6.45) is -2.32. The monoisotopic (exact) mass is 631 g/mol. The molecule has 5 N–H and O–H groups in total. The van der Waals surface area contributed by atoms with E-state index in [4.69, 9.17) is 0 Å². The Labute approximate surface area is 248 Å². The van der Waals surface area contributed by atoms with Crippen molar-refractivity contribution in [2.24, 2.45) is 0 Å². The summed E-state index contributed by atoms with van der Waals surface area (Å²) >= 11 is 2.14. The van der Waals surface area contributed by atoms with Gasteiger partial charge < -0.3 is 20.6 Å². The number of nitrogens with one attached hydrogen (secondary N) is 2. The number of fused-ring (bicyclic) bond motifs is 2. The van der Waals surface area contributed by atoms with Gasteiger partial charge in [-0.3, -0.25) is 29.4 Å². The van der Waals surface area contributed by atoms with E-state index in [-0.39, 0.29) is 46.1 Å². The van der Waals surface area contributed by atoms with Crippen LogP contribution < -0.4 is 11.0 Å². The topological polar surface area (TPSA) is 250 Å². The van der Waals surface area contributed by atoms with Crippen LogP contribution in [0.5, 0.6) is 0 Å². The molecule has 43 heavy (non-hydrogen) atoms. The van der Waals surface area contributed by atoms with Crippen molar-refractivity contribution in [3.8, 4) is 0 Å². The predicted octanol–water partition coefficient (Wildman–Crippen LogP) is 0.124. The number of aliphatic carboxylic acids is 2. The van der Waals surface area contributed by atoms with Crippen LogP contribution in [-0.4, -0.2) is 91.1 Å². The Kier molecular flexibility index (Phi) is 8.20. The summed E-state index contributed by atoms with van der Waals surface area (Å²) in [4.78, 5) is 73.3. The van der Waals surface area contributed by atoms with Gasteiger partial charge in [-0.15, -0.1) is 11.8 Å². The Balaban J connectivity index is 1.40. The normalized spacial score (nSPS) is 19.4. The number of aliphatic hydroxyl groups excluding tert-OH is 1. The number of thioether (sulfide) groups is 2. The van der Waals surface area contributed by atoms with E-state index < -0.39 is 62.8 Å². The molecule has 1 fully saturated rings. The molecule has 3 aromatic rings. The second kappa shape index (κ2) is 11.9. The maximum absolute atomic E-state index is 13.2. The average molecular weight is 632 g/mol. The number of nitro groups is 1. The molecule has 1 saturated heterocycles. The molecule has 2 aromatic heterocycles. The fourth-order valence-electron chi connectivity index (χ4n) is 4.70. The highest BCUT2D eigenvalue weighted by molar-refractivity contribution is 8.01. The van der Waals surface area contributed by atoms with Gasteiger partial charge in [-0.05, 0) is 30.2 Å². The number of rotatable bonds is 11.